The Morgan fingerprint density at radius 2 is 0.839 bits per heavy atom. The van der Waals surface area contributed by atoms with E-state index in [1.165, 1.54) is 16.0 Å². The van der Waals surface area contributed by atoms with Crippen LogP contribution in [0.3, 0.4) is 0 Å². The zero-order valence-corrected chi connectivity index (χ0v) is 31.0. The second-order valence-corrected chi connectivity index (χ2v) is 14.7. The van der Waals surface area contributed by atoms with Gasteiger partial charge >= 0.3 is 0 Å². The molecule has 1 aromatic heterocycles. The molecule has 0 spiro atoms. The first kappa shape index (κ1) is 33.3. The SMILES string of the molecule is Cc1ccc(-c2ccc3c(c2)c2cc(-c4ccc(C)cc4)ccc2n3-c2cccc3c2C(=O)N(c2cc(-c4ccccc4)cc(-c4ccccc4)c2)C3=O)cc1. The summed E-state index contributed by atoms with van der Waals surface area (Å²) in [5, 5.41) is 2.14. The lowest BCUT2D eigenvalue weighted by atomic mass is 9.97. The van der Waals surface area contributed by atoms with Crippen LogP contribution in [0.2, 0.25) is 0 Å². The van der Waals surface area contributed by atoms with E-state index in [9.17, 15) is 9.59 Å². The molecular formula is C52H36N2O2. The first-order valence-electron chi connectivity index (χ1n) is 18.9. The third kappa shape index (κ3) is 5.54. The molecule has 2 heterocycles. The Bertz CT molecular complexity index is 2840. The molecule has 56 heavy (non-hydrogen) atoms. The van der Waals surface area contributed by atoms with Crippen LogP contribution >= 0.6 is 0 Å². The molecule has 1 aliphatic rings. The Morgan fingerprint density at radius 1 is 0.375 bits per heavy atom. The van der Waals surface area contributed by atoms with Gasteiger partial charge in [0.25, 0.3) is 11.8 Å². The van der Waals surface area contributed by atoms with Crippen molar-refractivity contribution >= 4 is 39.3 Å². The van der Waals surface area contributed by atoms with Gasteiger partial charge in [0, 0.05) is 10.8 Å². The van der Waals surface area contributed by atoms with E-state index in [4.69, 9.17) is 0 Å². The van der Waals surface area contributed by atoms with Crippen molar-refractivity contribution in [2.75, 3.05) is 4.90 Å². The molecular weight excluding hydrogens is 685 g/mol. The summed E-state index contributed by atoms with van der Waals surface area (Å²) in [5.41, 5.74) is 14.7. The van der Waals surface area contributed by atoms with Crippen LogP contribution < -0.4 is 4.90 Å². The number of amides is 2. The summed E-state index contributed by atoms with van der Waals surface area (Å²) >= 11 is 0. The molecule has 1 aliphatic heterocycles. The van der Waals surface area contributed by atoms with Gasteiger partial charge in [-0.15, -0.1) is 0 Å². The highest BCUT2D eigenvalue weighted by Gasteiger charge is 2.39. The van der Waals surface area contributed by atoms with Crippen molar-refractivity contribution < 1.29 is 9.59 Å². The van der Waals surface area contributed by atoms with Gasteiger partial charge in [-0.2, -0.15) is 0 Å². The van der Waals surface area contributed by atoms with Crippen molar-refractivity contribution in [1.29, 1.82) is 0 Å². The van der Waals surface area contributed by atoms with Crippen molar-refractivity contribution in [1.82, 2.24) is 4.57 Å². The number of benzene rings is 8. The molecule has 0 unspecified atom stereocenters. The predicted molar refractivity (Wildman–Crippen MR) is 230 cm³/mol. The van der Waals surface area contributed by atoms with Crippen molar-refractivity contribution in [2.24, 2.45) is 0 Å². The predicted octanol–water partition coefficient (Wildman–Crippen LogP) is 12.9. The lowest BCUT2D eigenvalue weighted by molar-refractivity contribution is 0.0926. The molecule has 4 nitrogen and oxygen atoms in total. The van der Waals surface area contributed by atoms with Gasteiger partial charge in [0.1, 0.15) is 0 Å². The Labute approximate surface area is 325 Å². The van der Waals surface area contributed by atoms with Crippen LogP contribution in [0.5, 0.6) is 0 Å². The van der Waals surface area contributed by atoms with Crippen LogP contribution in [0.15, 0.2) is 182 Å². The highest BCUT2D eigenvalue weighted by Crippen LogP contribution is 2.41. The molecule has 10 rings (SSSR count). The number of aryl methyl sites for hydroxylation is 2. The van der Waals surface area contributed by atoms with Gasteiger partial charge in [0.05, 0.1) is 33.5 Å². The van der Waals surface area contributed by atoms with Crippen molar-refractivity contribution in [2.45, 2.75) is 13.8 Å². The third-order valence-electron chi connectivity index (χ3n) is 11.1. The highest BCUT2D eigenvalue weighted by atomic mass is 16.2. The minimum absolute atomic E-state index is 0.333. The summed E-state index contributed by atoms with van der Waals surface area (Å²) in [6, 6.07) is 62.0. The maximum absolute atomic E-state index is 14.9. The van der Waals surface area contributed by atoms with Crippen molar-refractivity contribution in [3.63, 3.8) is 0 Å². The second kappa shape index (κ2) is 13.2. The molecule has 0 aliphatic carbocycles. The first-order chi connectivity index (χ1) is 27.4. The van der Waals surface area contributed by atoms with Crippen LogP contribution in [0.25, 0.3) is 72.0 Å². The van der Waals surface area contributed by atoms with Crippen LogP contribution in [0, 0.1) is 13.8 Å². The van der Waals surface area contributed by atoms with Gasteiger partial charge in [-0.3, -0.25) is 9.59 Å². The van der Waals surface area contributed by atoms with E-state index in [1.54, 1.807) is 6.07 Å². The number of fused-ring (bicyclic) bond motifs is 4. The van der Waals surface area contributed by atoms with E-state index >= 15 is 0 Å². The zero-order valence-electron chi connectivity index (χ0n) is 31.0. The Kier molecular flexibility index (Phi) is 7.86. The van der Waals surface area contributed by atoms with Gasteiger partial charge in [0.2, 0.25) is 0 Å². The fourth-order valence-electron chi connectivity index (χ4n) is 8.16. The summed E-state index contributed by atoms with van der Waals surface area (Å²) < 4.78 is 2.16. The van der Waals surface area contributed by atoms with Gasteiger partial charge in [0.15, 0.2) is 0 Å². The second-order valence-electron chi connectivity index (χ2n) is 14.7. The fraction of sp³-hybridized carbons (Fsp3) is 0.0385. The molecule has 0 atom stereocenters. The number of hydrogen-bond acceptors (Lipinski definition) is 2. The van der Waals surface area contributed by atoms with Crippen LogP contribution in [-0.4, -0.2) is 16.4 Å². The summed E-state index contributed by atoms with van der Waals surface area (Å²) in [7, 11) is 0. The number of imide groups is 1. The minimum Gasteiger partial charge on any atom is -0.308 e. The number of aromatic nitrogens is 1. The van der Waals surface area contributed by atoms with Gasteiger partial charge < -0.3 is 4.57 Å². The zero-order chi connectivity index (χ0) is 37.9. The number of carbonyl (C=O) groups is 2. The van der Waals surface area contributed by atoms with Crippen LogP contribution in [-0.2, 0) is 0 Å². The molecule has 0 N–H and O–H groups in total. The molecule has 9 aromatic rings. The first-order valence-corrected chi connectivity index (χ1v) is 18.9. The van der Waals surface area contributed by atoms with Crippen LogP contribution in [0.1, 0.15) is 31.8 Å². The number of anilines is 1. The summed E-state index contributed by atoms with van der Waals surface area (Å²) in [4.78, 5) is 30.8. The van der Waals surface area contributed by atoms with Crippen molar-refractivity contribution in [3.8, 4) is 50.2 Å². The Morgan fingerprint density at radius 3 is 1.34 bits per heavy atom. The highest BCUT2D eigenvalue weighted by molar-refractivity contribution is 6.36. The molecule has 2 amide bonds. The largest absolute Gasteiger partial charge is 0.308 e. The molecule has 8 aromatic carbocycles. The van der Waals surface area contributed by atoms with Crippen LogP contribution in [0.4, 0.5) is 5.69 Å². The third-order valence-corrected chi connectivity index (χ3v) is 11.1. The lowest BCUT2D eigenvalue weighted by Gasteiger charge is -2.18. The van der Waals surface area contributed by atoms with E-state index in [1.807, 2.05) is 84.9 Å². The molecule has 0 saturated carbocycles. The molecule has 0 bridgehead atoms. The lowest BCUT2D eigenvalue weighted by Crippen LogP contribution is -2.29. The average Bonchev–Trinajstić information content (AvgIpc) is 3.71. The summed E-state index contributed by atoms with van der Waals surface area (Å²) in [5.74, 6) is -0.674. The molecule has 0 radical (unpaired) electrons. The van der Waals surface area contributed by atoms with Crippen molar-refractivity contribution in [3.05, 3.63) is 204 Å². The Balaban J connectivity index is 1.16. The standard InChI is InChI=1S/C52H36N2O2/c1-33-16-20-37(21-17-33)39-24-26-47-45(31-39)46-32-40(38-22-18-34(2)19-23-38)25-27-48(46)54(47)49-15-9-14-44-50(49)52(56)53(51(44)55)43-29-41(35-10-5-3-6-11-35)28-42(30-43)36-12-7-4-8-13-36/h3-32H,1-2H3. The topological polar surface area (TPSA) is 42.3 Å². The van der Waals surface area contributed by atoms with E-state index in [2.05, 4.69) is 109 Å². The molecule has 266 valence electrons. The summed E-state index contributed by atoms with van der Waals surface area (Å²) in [6.45, 7) is 4.20. The van der Waals surface area contributed by atoms with Gasteiger partial charge in [-0.05, 0) is 113 Å². The maximum atomic E-state index is 14.9. The quantitative estimate of drug-likeness (QED) is 0.161. The van der Waals surface area contributed by atoms with Gasteiger partial charge in [-0.25, -0.2) is 4.90 Å². The molecule has 4 heteroatoms. The number of nitrogens with zero attached hydrogens (tertiary/aromatic N) is 2. The minimum atomic E-state index is -0.340. The smallest absolute Gasteiger partial charge is 0.268 e. The van der Waals surface area contributed by atoms with E-state index in [0.717, 1.165) is 66.3 Å². The normalized spacial score (nSPS) is 12.5. The number of rotatable bonds is 6. The van der Waals surface area contributed by atoms with E-state index in [0.29, 0.717) is 22.5 Å². The average molecular weight is 721 g/mol. The maximum Gasteiger partial charge on any atom is 0.268 e. The summed E-state index contributed by atoms with van der Waals surface area (Å²) in [6.07, 6.45) is 0. The molecule has 0 saturated heterocycles. The van der Waals surface area contributed by atoms with Gasteiger partial charge in [-0.1, -0.05) is 139 Å². The van der Waals surface area contributed by atoms with E-state index < -0.39 is 0 Å². The van der Waals surface area contributed by atoms with E-state index in [-0.39, 0.29) is 11.8 Å². The number of hydrogen-bond donors (Lipinski definition) is 0. The Hall–Kier alpha value is -7.30. The monoisotopic (exact) mass is 720 g/mol. The molecule has 0 fully saturated rings. The fourth-order valence-corrected chi connectivity index (χ4v) is 8.16. The number of carbonyl (C=O) groups excluding carboxylic acids is 2.